The molecule has 0 unspecified atom stereocenters. The number of halogens is 1. The molecule has 10 heteroatoms. The fraction of sp³-hybridized carbons (Fsp3) is 0.148. The van der Waals surface area contributed by atoms with Crippen molar-refractivity contribution >= 4 is 50.0 Å². The number of nitrogens with zero attached hydrogens (tertiary/aromatic N) is 4. The number of aromatic carboxylic acids is 1. The largest absolute Gasteiger partial charge is 0.491 e. The molecule has 8 nitrogen and oxygen atoms in total. The Bertz CT molecular complexity index is 1820. The highest BCUT2D eigenvalue weighted by atomic mass is 35.5. The van der Waals surface area contributed by atoms with Gasteiger partial charge in [-0.3, -0.25) is 14.3 Å². The van der Waals surface area contributed by atoms with E-state index in [2.05, 4.69) is 16.0 Å². The third kappa shape index (κ3) is 4.42. The first kappa shape index (κ1) is 24.4. The fourth-order valence-electron chi connectivity index (χ4n) is 4.33. The summed E-state index contributed by atoms with van der Waals surface area (Å²) >= 11 is 7.58. The van der Waals surface area contributed by atoms with E-state index in [1.54, 1.807) is 54.9 Å². The topological polar surface area (TPSA) is 118 Å². The summed E-state index contributed by atoms with van der Waals surface area (Å²) in [5.74, 6) is -0.00417. The Kier molecular flexibility index (Phi) is 6.38. The van der Waals surface area contributed by atoms with Crippen LogP contribution >= 0.6 is 22.9 Å². The third-order valence-electron chi connectivity index (χ3n) is 6.00. The molecule has 0 amide bonds. The molecule has 5 aromatic rings. The number of rotatable bonds is 6. The highest BCUT2D eigenvalue weighted by molar-refractivity contribution is 7.18. The predicted octanol–water partition coefficient (Wildman–Crippen LogP) is 5.59. The molecule has 0 aliphatic heterocycles. The van der Waals surface area contributed by atoms with Crippen molar-refractivity contribution in [2.75, 3.05) is 6.61 Å². The van der Waals surface area contributed by atoms with Crippen molar-refractivity contribution in [3.63, 3.8) is 0 Å². The van der Waals surface area contributed by atoms with Gasteiger partial charge in [-0.15, -0.1) is 11.3 Å². The number of aromatic nitrogens is 3. The van der Waals surface area contributed by atoms with Gasteiger partial charge in [-0.05, 0) is 55.8 Å². The van der Waals surface area contributed by atoms with Crippen LogP contribution < -0.4 is 10.3 Å². The van der Waals surface area contributed by atoms with Crippen LogP contribution in [0.5, 0.6) is 5.75 Å². The summed E-state index contributed by atoms with van der Waals surface area (Å²) in [5.41, 5.74) is 3.31. The minimum absolute atomic E-state index is 0.136. The van der Waals surface area contributed by atoms with E-state index >= 15 is 0 Å². The number of hydrogen-bond donors (Lipinski definition) is 1. The zero-order chi connectivity index (χ0) is 26.3. The summed E-state index contributed by atoms with van der Waals surface area (Å²) in [4.78, 5) is 33.6. The van der Waals surface area contributed by atoms with Crippen LogP contribution in [0.3, 0.4) is 0 Å². The summed E-state index contributed by atoms with van der Waals surface area (Å²) in [6.45, 7) is 3.96. The van der Waals surface area contributed by atoms with Gasteiger partial charge in [-0.2, -0.15) is 5.26 Å². The Morgan fingerprint density at radius 2 is 2.03 bits per heavy atom. The molecule has 0 aliphatic rings. The molecule has 184 valence electrons. The van der Waals surface area contributed by atoms with Crippen LogP contribution in [0.15, 0.2) is 52.8 Å². The zero-order valence-electron chi connectivity index (χ0n) is 19.8. The lowest BCUT2D eigenvalue weighted by Gasteiger charge is -2.15. The number of carboxylic acid groups (broad SMARTS) is 1. The molecule has 3 aromatic heterocycles. The van der Waals surface area contributed by atoms with Crippen LogP contribution in [-0.2, 0) is 6.54 Å². The van der Waals surface area contributed by atoms with Crippen LogP contribution in [0.2, 0.25) is 5.02 Å². The molecule has 0 aliphatic carbocycles. The molecule has 0 saturated heterocycles. The lowest BCUT2D eigenvalue weighted by molar-refractivity contribution is 0.0699. The number of carboxylic acids is 1. The number of fused-ring (bicyclic) bond motifs is 2. The van der Waals surface area contributed by atoms with Crippen LogP contribution in [0, 0.1) is 25.2 Å². The van der Waals surface area contributed by atoms with Crippen molar-refractivity contribution in [1.29, 1.82) is 5.26 Å². The summed E-state index contributed by atoms with van der Waals surface area (Å²) in [6, 6.07) is 12.5. The molecule has 5 rings (SSSR count). The average Bonchev–Trinajstić information content (AvgIpc) is 3.30. The molecule has 0 spiro atoms. The van der Waals surface area contributed by atoms with Gasteiger partial charge in [0.15, 0.2) is 0 Å². The highest BCUT2D eigenvalue weighted by Gasteiger charge is 2.18. The van der Waals surface area contributed by atoms with Crippen molar-refractivity contribution in [3.05, 3.63) is 85.9 Å². The van der Waals surface area contributed by atoms with Crippen molar-refractivity contribution in [3.8, 4) is 22.9 Å². The average molecular weight is 531 g/mol. The third-order valence-corrected chi connectivity index (χ3v) is 7.24. The zero-order valence-corrected chi connectivity index (χ0v) is 21.4. The van der Waals surface area contributed by atoms with Gasteiger partial charge >= 0.3 is 5.97 Å². The molecule has 37 heavy (non-hydrogen) atoms. The van der Waals surface area contributed by atoms with E-state index in [4.69, 9.17) is 16.3 Å². The van der Waals surface area contributed by atoms with Crippen LogP contribution in [0.4, 0.5) is 0 Å². The van der Waals surface area contributed by atoms with E-state index in [1.807, 2.05) is 6.92 Å². The highest BCUT2D eigenvalue weighted by Crippen LogP contribution is 2.39. The van der Waals surface area contributed by atoms with Gasteiger partial charge in [-0.1, -0.05) is 11.6 Å². The first-order chi connectivity index (χ1) is 17.8. The Balaban J connectivity index is 1.49. The first-order valence-electron chi connectivity index (χ1n) is 11.2. The normalized spacial score (nSPS) is 11.1. The Hall–Kier alpha value is -4.26. The van der Waals surface area contributed by atoms with Gasteiger partial charge in [-0.25, -0.2) is 9.78 Å². The number of pyridine rings is 1. The van der Waals surface area contributed by atoms with Gasteiger partial charge < -0.3 is 9.84 Å². The number of benzene rings is 2. The molecule has 0 bridgehead atoms. The van der Waals surface area contributed by atoms with Crippen molar-refractivity contribution in [2.45, 2.75) is 20.4 Å². The van der Waals surface area contributed by atoms with Crippen LogP contribution in [0.25, 0.3) is 32.2 Å². The lowest BCUT2D eigenvalue weighted by Crippen LogP contribution is -2.27. The Morgan fingerprint density at radius 3 is 2.78 bits per heavy atom. The number of nitriles is 1. The monoisotopic (exact) mass is 530 g/mol. The second kappa shape index (κ2) is 9.65. The smallest absolute Gasteiger partial charge is 0.338 e. The van der Waals surface area contributed by atoms with E-state index in [9.17, 15) is 20.0 Å². The number of aryl methyl sites for hydroxylation is 2. The second-order valence-corrected chi connectivity index (χ2v) is 9.73. The molecule has 2 aromatic carbocycles. The van der Waals surface area contributed by atoms with E-state index in [1.165, 1.54) is 15.9 Å². The summed E-state index contributed by atoms with van der Waals surface area (Å²) < 4.78 is 8.31. The summed E-state index contributed by atoms with van der Waals surface area (Å²) in [5, 5.41) is 21.4. The number of thiophene rings is 1. The Morgan fingerprint density at radius 1 is 1.22 bits per heavy atom. The van der Waals surface area contributed by atoms with Gasteiger partial charge in [0.25, 0.3) is 5.56 Å². The summed E-state index contributed by atoms with van der Waals surface area (Å²) in [6.07, 6.45) is 1.56. The van der Waals surface area contributed by atoms with Gasteiger partial charge in [0, 0.05) is 27.7 Å². The quantitative estimate of drug-likeness (QED) is 0.304. The van der Waals surface area contributed by atoms with Crippen molar-refractivity contribution < 1.29 is 14.6 Å². The molecule has 0 fully saturated rings. The minimum Gasteiger partial charge on any atom is -0.491 e. The lowest BCUT2D eigenvalue weighted by atomic mass is 10.0. The number of hydrogen-bond acceptors (Lipinski definition) is 7. The SMILES string of the molecule is Cc1cc(C#N)c2c(=O)n(CCOc3ccc(Cl)cc3-c3ccnc4c(C(=O)O)csc34)c(C)nc2c1. The van der Waals surface area contributed by atoms with Gasteiger partial charge in [0.2, 0.25) is 0 Å². The molecule has 0 radical (unpaired) electrons. The van der Waals surface area contributed by atoms with E-state index < -0.39 is 5.97 Å². The molecular weight excluding hydrogens is 512 g/mol. The maximum absolute atomic E-state index is 13.3. The van der Waals surface area contributed by atoms with Crippen molar-refractivity contribution in [1.82, 2.24) is 14.5 Å². The van der Waals surface area contributed by atoms with Crippen molar-refractivity contribution in [2.24, 2.45) is 0 Å². The molecule has 0 saturated carbocycles. The standard InChI is InChI=1S/C27H19ClN4O4S/c1-14-9-16(12-29)23-21(10-14)31-15(2)32(26(23)33)7-8-36-22-4-3-17(28)11-19(22)18-5-6-30-24-20(27(34)35)13-37-25(18)24/h3-6,9-11,13H,7-8H2,1-2H3,(H,34,35). The predicted molar refractivity (Wildman–Crippen MR) is 143 cm³/mol. The molecular formula is C27H19ClN4O4S. The molecule has 0 atom stereocenters. The molecule has 3 heterocycles. The number of carbonyl (C=O) groups is 1. The van der Waals surface area contributed by atoms with Crippen LogP contribution in [0.1, 0.15) is 27.3 Å². The maximum atomic E-state index is 13.3. The Labute approximate surface area is 220 Å². The molecule has 1 N–H and O–H groups in total. The van der Waals surface area contributed by atoms with Gasteiger partial charge in [0.05, 0.1) is 38.8 Å². The summed E-state index contributed by atoms with van der Waals surface area (Å²) in [7, 11) is 0. The fourth-order valence-corrected chi connectivity index (χ4v) is 5.53. The number of ether oxygens (including phenoxy) is 1. The van der Waals surface area contributed by atoms with E-state index in [0.717, 1.165) is 11.1 Å². The first-order valence-corrected chi connectivity index (χ1v) is 12.5. The van der Waals surface area contributed by atoms with Gasteiger partial charge in [0.1, 0.15) is 24.3 Å². The van der Waals surface area contributed by atoms with E-state index in [0.29, 0.717) is 43.5 Å². The van der Waals surface area contributed by atoms with E-state index in [-0.39, 0.29) is 29.7 Å². The second-order valence-electron chi connectivity index (χ2n) is 8.41. The van der Waals surface area contributed by atoms with Crippen LogP contribution in [-0.4, -0.2) is 32.2 Å². The maximum Gasteiger partial charge on any atom is 0.338 e. The minimum atomic E-state index is -1.04.